The van der Waals surface area contributed by atoms with E-state index in [1.807, 2.05) is 5.32 Å². The molecule has 4 atom stereocenters. The zero-order valence-corrected chi connectivity index (χ0v) is 18.5. The summed E-state index contributed by atoms with van der Waals surface area (Å²) in [4.78, 5) is 92.9. The summed E-state index contributed by atoms with van der Waals surface area (Å²) in [7, 11) is 0. The van der Waals surface area contributed by atoms with Crippen molar-refractivity contribution in [3.63, 3.8) is 0 Å². The van der Waals surface area contributed by atoms with Crippen LogP contribution in [-0.4, -0.2) is 81.8 Å². The highest BCUT2D eigenvalue weighted by atomic mass is 16.4. The van der Waals surface area contributed by atoms with E-state index in [9.17, 15) is 43.5 Å². The number of aliphatic carboxylic acids is 2. The maximum atomic E-state index is 12.7. The molecule has 0 fully saturated rings. The van der Waals surface area contributed by atoms with E-state index < -0.39 is 97.2 Å². The van der Waals surface area contributed by atoms with Crippen LogP contribution in [0.25, 0.3) is 0 Å². The number of hydrogen-bond donors (Lipinski definition) is 9. The normalized spacial score (nSPS) is 13.9. The lowest BCUT2D eigenvalue weighted by Gasteiger charge is -2.24. The van der Waals surface area contributed by atoms with E-state index in [1.54, 1.807) is 0 Å². The molecular formula is C18H29N7O10. The quantitative estimate of drug-likeness (QED) is 0.0902. The third-order valence-electron chi connectivity index (χ3n) is 4.38. The van der Waals surface area contributed by atoms with Crippen LogP contribution in [0.1, 0.15) is 38.5 Å². The van der Waals surface area contributed by atoms with E-state index in [1.165, 1.54) is 0 Å². The Balaban J connectivity index is 5.62. The number of carbonyl (C=O) groups is 8. The van der Waals surface area contributed by atoms with Crippen LogP contribution in [0, 0.1) is 0 Å². The van der Waals surface area contributed by atoms with Gasteiger partial charge in [-0.05, 0) is 12.8 Å². The van der Waals surface area contributed by atoms with E-state index in [2.05, 4.69) is 10.6 Å². The van der Waals surface area contributed by atoms with E-state index in [0.717, 1.165) is 0 Å². The number of nitrogens with two attached hydrogens (primary N) is 4. The highest BCUT2D eigenvalue weighted by Crippen LogP contribution is 2.04. The molecule has 0 aliphatic carbocycles. The molecule has 0 spiro atoms. The van der Waals surface area contributed by atoms with Crippen LogP contribution in [-0.2, 0) is 38.4 Å². The summed E-state index contributed by atoms with van der Waals surface area (Å²) in [5.41, 5.74) is 20.5. The zero-order chi connectivity index (χ0) is 27.3. The minimum atomic E-state index is -1.69. The van der Waals surface area contributed by atoms with Crippen LogP contribution in [0.4, 0.5) is 0 Å². The standard InChI is InChI=1S/C18H29N7O10/c19-7(5-14(29)30)15(31)25-10(6-13(22)28)17(33)23-8(1-3-11(20)26)16(32)24-9(18(34)35)2-4-12(21)27/h7-10H,1-6,19H2,(H2,20,26)(H2,21,27)(H2,22,28)(H,23,33)(H,24,32)(H,25,31)(H,29,30)(H,34,35). The molecule has 0 bridgehead atoms. The molecule has 0 radical (unpaired) electrons. The van der Waals surface area contributed by atoms with E-state index in [4.69, 9.17) is 28.0 Å². The topological polar surface area (TPSA) is 317 Å². The maximum absolute atomic E-state index is 12.7. The largest absolute Gasteiger partial charge is 0.481 e. The lowest BCUT2D eigenvalue weighted by Crippen LogP contribution is -2.58. The summed E-state index contributed by atoms with van der Waals surface area (Å²) in [5, 5.41) is 24.2. The Morgan fingerprint density at radius 1 is 0.600 bits per heavy atom. The van der Waals surface area contributed by atoms with Crippen molar-refractivity contribution in [1.29, 1.82) is 0 Å². The third kappa shape index (κ3) is 13.1. The molecule has 0 rings (SSSR count). The highest BCUT2D eigenvalue weighted by molar-refractivity contribution is 5.96. The van der Waals surface area contributed by atoms with Gasteiger partial charge in [-0.2, -0.15) is 0 Å². The van der Waals surface area contributed by atoms with Crippen LogP contribution in [0.2, 0.25) is 0 Å². The number of carboxylic acids is 2. The Morgan fingerprint density at radius 2 is 1.03 bits per heavy atom. The summed E-state index contributed by atoms with van der Waals surface area (Å²) in [5.74, 6) is -8.98. The number of amides is 6. The first-order valence-electron chi connectivity index (χ1n) is 10.1. The summed E-state index contributed by atoms with van der Waals surface area (Å²) in [6.45, 7) is 0. The number of carboxylic acid groups (broad SMARTS) is 2. The van der Waals surface area contributed by atoms with Crippen molar-refractivity contribution in [2.75, 3.05) is 0 Å². The predicted octanol–water partition coefficient (Wildman–Crippen LogP) is -5.27. The molecule has 196 valence electrons. The van der Waals surface area contributed by atoms with Crippen molar-refractivity contribution in [2.45, 2.75) is 62.7 Å². The van der Waals surface area contributed by atoms with Gasteiger partial charge in [0.2, 0.25) is 35.4 Å². The zero-order valence-electron chi connectivity index (χ0n) is 18.5. The fraction of sp³-hybridized carbons (Fsp3) is 0.556. The molecule has 0 heterocycles. The Labute approximate surface area is 198 Å². The second-order valence-electron chi connectivity index (χ2n) is 7.41. The Bertz CT molecular complexity index is 863. The minimum Gasteiger partial charge on any atom is -0.481 e. The molecule has 0 aromatic rings. The first-order chi connectivity index (χ1) is 16.1. The van der Waals surface area contributed by atoms with Crippen molar-refractivity contribution in [3.8, 4) is 0 Å². The van der Waals surface area contributed by atoms with Gasteiger partial charge in [-0.3, -0.25) is 33.6 Å². The fourth-order valence-corrected chi connectivity index (χ4v) is 2.61. The van der Waals surface area contributed by atoms with Gasteiger partial charge in [0.05, 0.1) is 18.9 Å². The summed E-state index contributed by atoms with van der Waals surface area (Å²) in [6, 6.07) is -6.40. The SMILES string of the molecule is NC(=O)CCC(NC(=O)C(CCC(N)=O)NC(=O)C(CC(N)=O)NC(=O)C(N)CC(=O)O)C(=O)O. The summed E-state index contributed by atoms with van der Waals surface area (Å²) < 4.78 is 0. The van der Waals surface area contributed by atoms with Crippen LogP contribution >= 0.6 is 0 Å². The first kappa shape index (κ1) is 30.7. The van der Waals surface area contributed by atoms with Crippen molar-refractivity contribution in [1.82, 2.24) is 16.0 Å². The van der Waals surface area contributed by atoms with Gasteiger partial charge in [-0.1, -0.05) is 0 Å². The summed E-state index contributed by atoms with van der Waals surface area (Å²) >= 11 is 0. The summed E-state index contributed by atoms with van der Waals surface area (Å²) in [6.07, 6.45) is -3.12. The van der Waals surface area contributed by atoms with Crippen LogP contribution in [0.15, 0.2) is 0 Å². The van der Waals surface area contributed by atoms with Crippen molar-refractivity contribution < 1.29 is 48.6 Å². The molecule has 0 saturated heterocycles. The van der Waals surface area contributed by atoms with Gasteiger partial charge in [0.25, 0.3) is 0 Å². The molecule has 0 saturated carbocycles. The smallest absolute Gasteiger partial charge is 0.326 e. The second kappa shape index (κ2) is 14.8. The van der Waals surface area contributed by atoms with Crippen molar-refractivity contribution >= 4 is 47.4 Å². The molecule has 0 aliphatic heterocycles. The molecule has 6 amide bonds. The first-order valence-corrected chi connectivity index (χ1v) is 10.1. The lowest BCUT2D eigenvalue weighted by molar-refractivity contribution is -0.143. The fourth-order valence-electron chi connectivity index (χ4n) is 2.61. The number of primary amides is 3. The van der Waals surface area contributed by atoms with Gasteiger partial charge in [0.15, 0.2) is 0 Å². The van der Waals surface area contributed by atoms with Crippen LogP contribution in [0.5, 0.6) is 0 Å². The number of nitrogens with one attached hydrogen (secondary N) is 3. The molecule has 0 aromatic carbocycles. The van der Waals surface area contributed by atoms with Crippen LogP contribution in [0.3, 0.4) is 0 Å². The van der Waals surface area contributed by atoms with E-state index in [-0.39, 0.29) is 12.8 Å². The van der Waals surface area contributed by atoms with Gasteiger partial charge >= 0.3 is 11.9 Å². The minimum absolute atomic E-state index is 0.366. The Hall–Kier alpha value is -4.28. The van der Waals surface area contributed by atoms with Crippen LogP contribution < -0.4 is 38.9 Å². The number of carbonyl (C=O) groups excluding carboxylic acids is 6. The Kier molecular flexibility index (Phi) is 13.0. The van der Waals surface area contributed by atoms with E-state index in [0.29, 0.717) is 0 Å². The van der Waals surface area contributed by atoms with Gasteiger partial charge in [0.1, 0.15) is 18.1 Å². The molecule has 0 aromatic heterocycles. The third-order valence-corrected chi connectivity index (χ3v) is 4.38. The maximum Gasteiger partial charge on any atom is 0.326 e. The predicted molar refractivity (Wildman–Crippen MR) is 114 cm³/mol. The van der Waals surface area contributed by atoms with Crippen molar-refractivity contribution in [2.24, 2.45) is 22.9 Å². The molecule has 13 N–H and O–H groups in total. The number of rotatable bonds is 17. The monoisotopic (exact) mass is 503 g/mol. The molecule has 17 nitrogen and oxygen atoms in total. The number of hydrogen-bond acceptors (Lipinski definition) is 9. The lowest BCUT2D eigenvalue weighted by atomic mass is 10.1. The second-order valence-corrected chi connectivity index (χ2v) is 7.41. The van der Waals surface area contributed by atoms with Gasteiger partial charge in [0, 0.05) is 12.8 Å². The average Bonchev–Trinajstić information content (AvgIpc) is 2.71. The van der Waals surface area contributed by atoms with Crippen molar-refractivity contribution in [3.05, 3.63) is 0 Å². The highest BCUT2D eigenvalue weighted by Gasteiger charge is 2.31. The van der Waals surface area contributed by atoms with Gasteiger partial charge < -0.3 is 49.1 Å². The average molecular weight is 503 g/mol. The Morgan fingerprint density at radius 3 is 1.46 bits per heavy atom. The molecule has 17 heteroatoms. The van der Waals surface area contributed by atoms with Gasteiger partial charge in [-0.25, -0.2) is 4.79 Å². The van der Waals surface area contributed by atoms with E-state index >= 15 is 0 Å². The van der Waals surface area contributed by atoms with Gasteiger partial charge in [-0.15, -0.1) is 0 Å². The molecular weight excluding hydrogens is 474 g/mol. The molecule has 35 heavy (non-hydrogen) atoms. The molecule has 4 unspecified atom stereocenters. The molecule has 0 aliphatic rings.